The van der Waals surface area contributed by atoms with Gasteiger partial charge in [-0.25, -0.2) is 4.79 Å². The molecule has 0 unspecified atom stereocenters. The molecule has 2 amide bonds. The zero-order valence-corrected chi connectivity index (χ0v) is 21.2. The number of amides is 2. The maximum Gasteiger partial charge on any atom is 0.341 e. The molecule has 1 aliphatic heterocycles. The van der Waals surface area contributed by atoms with Crippen LogP contribution in [0.3, 0.4) is 0 Å². The lowest BCUT2D eigenvalue weighted by atomic mass is 9.96. The number of primary amides is 1. The number of esters is 1. The number of piperazine rings is 1. The number of rotatable bonds is 8. The van der Waals surface area contributed by atoms with Crippen LogP contribution >= 0.6 is 11.3 Å². The number of methoxy groups -OCH3 is 1. The minimum atomic E-state index is -0.648. The van der Waals surface area contributed by atoms with Crippen molar-refractivity contribution in [3.05, 3.63) is 87.8 Å². The van der Waals surface area contributed by atoms with E-state index < -0.39 is 11.9 Å². The normalized spacial score (nSPS) is 14.5. The number of carbonyl (C=O) groups is 3. The molecule has 2 aromatic carbocycles. The van der Waals surface area contributed by atoms with Gasteiger partial charge < -0.3 is 15.8 Å². The molecule has 9 heteroatoms. The summed E-state index contributed by atoms with van der Waals surface area (Å²) in [5, 5.41) is 3.07. The Hall–Kier alpha value is -3.53. The highest BCUT2D eigenvalue weighted by atomic mass is 32.1. The molecule has 1 aromatic heterocycles. The molecule has 3 aromatic rings. The summed E-state index contributed by atoms with van der Waals surface area (Å²) in [4.78, 5) is 41.6. The third kappa shape index (κ3) is 5.64. The molecule has 1 aliphatic rings. The van der Waals surface area contributed by atoms with E-state index in [1.165, 1.54) is 18.2 Å². The van der Waals surface area contributed by atoms with E-state index in [1.807, 2.05) is 12.1 Å². The fourth-order valence-electron chi connectivity index (χ4n) is 4.62. The zero-order valence-electron chi connectivity index (χ0n) is 20.4. The monoisotopic (exact) mass is 506 g/mol. The van der Waals surface area contributed by atoms with Gasteiger partial charge in [0.2, 0.25) is 5.91 Å². The van der Waals surface area contributed by atoms with Crippen LogP contribution in [0.1, 0.15) is 42.8 Å². The van der Waals surface area contributed by atoms with E-state index in [0.29, 0.717) is 5.56 Å². The van der Waals surface area contributed by atoms with Gasteiger partial charge in [0, 0.05) is 26.2 Å². The first-order chi connectivity index (χ1) is 17.4. The van der Waals surface area contributed by atoms with Crippen molar-refractivity contribution in [1.82, 2.24) is 9.80 Å². The van der Waals surface area contributed by atoms with Gasteiger partial charge in [-0.05, 0) is 23.6 Å². The first-order valence-corrected chi connectivity index (χ1v) is 12.6. The van der Waals surface area contributed by atoms with E-state index in [-0.39, 0.29) is 33.9 Å². The second-order valence-electron chi connectivity index (χ2n) is 8.70. The van der Waals surface area contributed by atoms with Gasteiger partial charge in [-0.15, -0.1) is 11.3 Å². The molecule has 4 rings (SSSR count). The molecule has 36 heavy (non-hydrogen) atoms. The van der Waals surface area contributed by atoms with Crippen molar-refractivity contribution in [2.24, 2.45) is 5.73 Å². The van der Waals surface area contributed by atoms with Gasteiger partial charge in [-0.3, -0.25) is 19.4 Å². The summed E-state index contributed by atoms with van der Waals surface area (Å²) >= 11 is 0.994. The summed E-state index contributed by atoms with van der Waals surface area (Å²) < 4.78 is 4.84. The van der Waals surface area contributed by atoms with Crippen molar-refractivity contribution in [3.63, 3.8) is 0 Å². The smallest absolute Gasteiger partial charge is 0.341 e. The highest BCUT2D eigenvalue weighted by molar-refractivity contribution is 7.18. The molecule has 0 radical (unpaired) electrons. The molecule has 1 saturated heterocycles. The number of nitrogens with two attached hydrogens (primary N) is 1. The molecular formula is C27H30N4O4S. The maximum atomic E-state index is 12.9. The number of nitrogens with zero attached hydrogens (tertiary/aromatic N) is 2. The number of hydrogen-bond donors (Lipinski definition) is 2. The molecule has 0 bridgehead atoms. The third-order valence-corrected chi connectivity index (χ3v) is 7.60. The fraction of sp³-hybridized carbons (Fsp3) is 0.296. The summed E-state index contributed by atoms with van der Waals surface area (Å²) in [6.07, 6.45) is 0. The van der Waals surface area contributed by atoms with Crippen molar-refractivity contribution in [3.8, 4) is 0 Å². The Kier molecular flexibility index (Phi) is 8.14. The minimum absolute atomic E-state index is 0.146. The average Bonchev–Trinajstić information content (AvgIpc) is 3.21. The molecule has 0 spiro atoms. The molecular weight excluding hydrogens is 476 g/mol. The highest BCUT2D eigenvalue weighted by Crippen LogP contribution is 2.33. The largest absolute Gasteiger partial charge is 0.465 e. The Bertz CT molecular complexity index is 1180. The maximum absolute atomic E-state index is 12.9. The molecule has 0 saturated carbocycles. The predicted octanol–water partition coefficient (Wildman–Crippen LogP) is 3.29. The summed E-state index contributed by atoms with van der Waals surface area (Å²) in [6, 6.07) is 21.0. The number of anilines is 1. The third-order valence-electron chi connectivity index (χ3n) is 6.38. The molecule has 8 nitrogen and oxygen atoms in total. The lowest BCUT2D eigenvalue weighted by molar-refractivity contribution is -0.117. The van der Waals surface area contributed by atoms with Crippen LogP contribution in [0.5, 0.6) is 0 Å². The van der Waals surface area contributed by atoms with E-state index >= 15 is 0 Å². The van der Waals surface area contributed by atoms with Crippen molar-refractivity contribution in [2.75, 3.05) is 45.2 Å². The van der Waals surface area contributed by atoms with Gasteiger partial charge in [-0.1, -0.05) is 60.7 Å². The van der Waals surface area contributed by atoms with Gasteiger partial charge >= 0.3 is 5.97 Å². The molecule has 3 N–H and O–H groups in total. The molecule has 2 heterocycles. The van der Waals surface area contributed by atoms with E-state index in [9.17, 15) is 14.4 Å². The van der Waals surface area contributed by atoms with Gasteiger partial charge in [0.15, 0.2) is 0 Å². The van der Waals surface area contributed by atoms with Crippen LogP contribution in [0.25, 0.3) is 0 Å². The summed E-state index contributed by atoms with van der Waals surface area (Å²) in [7, 11) is 1.26. The summed E-state index contributed by atoms with van der Waals surface area (Å²) in [5.41, 5.74) is 8.50. The van der Waals surface area contributed by atoms with Gasteiger partial charge in [0.1, 0.15) is 5.00 Å². The fourth-order valence-corrected chi connectivity index (χ4v) is 5.68. The van der Waals surface area contributed by atoms with Crippen molar-refractivity contribution >= 4 is 34.1 Å². The number of carbonyl (C=O) groups excluding carboxylic acids is 3. The highest BCUT2D eigenvalue weighted by Gasteiger charge is 2.29. The second kappa shape index (κ2) is 11.5. The number of thiophene rings is 1. The van der Waals surface area contributed by atoms with Crippen molar-refractivity contribution in [1.29, 1.82) is 0 Å². The van der Waals surface area contributed by atoms with Crippen LogP contribution in [0.15, 0.2) is 60.7 Å². The second-order valence-corrected chi connectivity index (χ2v) is 9.72. The summed E-state index contributed by atoms with van der Waals surface area (Å²) in [6.45, 7) is 4.86. The van der Waals surface area contributed by atoms with Gasteiger partial charge in [0.05, 0.1) is 30.1 Å². The van der Waals surface area contributed by atoms with Crippen molar-refractivity contribution < 1.29 is 19.1 Å². The Labute approximate surface area is 214 Å². The first-order valence-electron chi connectivity index (χ1n) is 11.8. The Balaban J connectivity index is 1.42. The minimum Gasteiger partial charge on any atom is -0.465 e. The van der Waals surface area contributed by atoms with E-state index in [4.69, 9.17) is 10.5 Å². The van der Waals surface area contributed by atoms with Crippen LogP contribution in [0.4, 0.5) is 5.00 Å². The number of nitrogens with one attached hydrogen (secondary N) is 1. The van der Waals surface area contributed by atoms with Crippen LogP contribution < -0.4 is 11.1 Å². The Morgan fingerprint density at radius 2 is 1.53 bits per heavy atom. The van der Waals surface area contributed by atoms with Gasteiger partial charge in [-0.2, -0.15) is 0 Å². The quantitative estimate of drug-likeness (QED) is 0.455. The van der Waals surface area contributed by atoms with Gasteiger partial charge in [0.25, 0.3) is 5.91 Å². The SMILES string of the molecule is COC(=O)c1c(NC(=O)CN2CCN(C(c3ccccc3)c3ccccc3)CC2)sc(C(N)=O)c1C. The van der Waals surface area contributed by atoms with Crippen LogP contribution in [-0.2, 0) is 9.53 Å². The molecule has 0 aliphatic carbocycles. The van der Waals surface area contributed by atoms with Crippen LogP contribution in [-0.4, -0.2) is 67.4 Å². The van der Waals surface area contributed by atoms with E-state index in [1.54, 1.807) is 6.92 Å². The molecule has 1 fully saturated rings. The number of benzene rings is 2. The van der Waals surface area contributed by atoms with E-state index in [0.717, 1.165) is 37.5 Å². The molecule has 188 valence electrons. The average molecular weight is 507 g/mol. The zero-order chi connectivity index (χ0) is 25.7. The lowest BCUT2D eigenvalue weighted by Gasteiger charge is -2.39. The topological polar surface area (TPSA) is 105 Å². The Morgan fingerprint density at radius 1 is 0.972 bits per heavy atom. The van der Waals surface area contributed by atoms with Crippen molar-refractivity contribution in [2.45, 2.75) is 13.0 Å². The predicted molar refractivity (Wildman–Crippen MR) is 140 cm³/mol. The molecule has 0 atom stereocenters. The van der Waals surface area contributed by atoms with Crippen LogP contribution in [0.2, 0.25) is 0 Å². The Morgan fingerprint density at radius 3 is 2.03 bits per heavy atom. The van der Waals surface area contributed by atoms with E-state index in [2.05, 4.69) is 63.6 Å². The first kappa shape index (κ1) is 25.6. The van der Waals surface area contributed by atoms with Crippen LogP contribution in [0, 0.1) is 6.92 Å². The number of hydrogen-bond acceptors (Lipinski definition) is 7. The summed E-state index contributed by atoms with van der Waals surface area (Å²) in [5.74, 6) is -1.52. The standard InChI is InChI=1S/C27H30N4O4S/c1-18-22(27(34)35-2)26(36-24(18)25(28)33)29-21(32)17-30-13-15-31(16-14-30)23(19-9-5-3-6-10-19)20-11-7-4-8-12-20/h3-12,23H,13-17H2,1-2H3,(H2,28,33)(H,29,32). The number of ether oxygens (including phenoxy) is 1. The lowest BCUT2D eigenvalue weighted by Crippen LogP contribution is -2.49.